The van der Waals surface area contributed by atoms with Crippen molar-refractivity contribution in [2.45, 2.75) is 32.5 Å². The molecule has 3 nitrogen and oxygen atoms in total. The van der Waals surface area contributed by atoms with Crippen molar-refractivity contribution in [3.05, 3.63) is 29.6 Å². The van der Waals surface area contributed by atoms with Crippen LogP contribution in [0, 0.1) is 12.8 Å². The molecule has 82 valence electrons. The molecular weight excluding hydrogens is 190 g/mol. The van der Waals surface area contributed by atoms with Gasteiger partial charge in [0.25, 0.3) is 0 Å². The van der Waals surface area contributed by atoms with Crippen LogP contribution in [0.3, 0.4) is 0 Å². The van der Waals surface area contributed by atoms with Gasteiger partial charge in [0, 0.05) is 24.4 Å². The Labute approximate surface area is 90.1 Å². The van der Waals surface area contributed by atoms with Crippen molar-refractivity contribution in [3.63, 3.8) is 0 Å². The SMILES string of the molecule is Cc1ccc(C(O)C2CCOC2C)cn1. The molecule has 1 aliphatic heterocycles. The molecule has 3 atom stereocenters. The predicted molar refractivity (Wildman–Crippen MR) is 57.5 cm³/mol. The highest BCUT2D eigenvalue weighted by Gasteiger charge is 2.31. The third kappa shape index (κ3) is 2.19. The van der Waals surface area contributed by atoms with Crippen LogP contribution in [0.25, 0.3) is 0 Å². The summed E-state index contributed by atoms with van der Waals surface area (Å²) in [5.41, 5.74) is 1.87. The van der Waals surface area contributed by atoms with Crippen LogP contribution >= 0.6 is 0 Å². The molecule has 0 amide bonds. The maximum Gasteiger partial charge on any atom is 0.0858 e. The van der Waals surface area contributed by atoms with E-state index in [2.05, 4.69) is 4.98 Å². The van der Waals surface area contributed by atoms with E-state index in [1.54, 1.807) is 6.20 Å². The maximum atomic E-state index is 10.2. The second-order valence-corrected chi connectivity index (χ2v) is 4.21. The summed E-state index contributed by atoms with van der Waals surface area (Å²) < 4.78 is 5.45. The molecule has 1 aliphatic rings. The van der Waals surface area contributed by atoms with Crippen molar-refractivity contribution in [1.82, 2.24) is 4.98 Å². The number of hydrogen-bond donors (Lipinski definition) is 1. The first-order valence-corrected chi connectivity index (χ1v) is 5.40. The van der Waals surface area contributed by atoms with Crippen LogP contribution < -0.4 is 0 Å². The highest BCUT2D eigenvalue weighted by Crippen LogP contribution is 2.32. The molecule has 1 aromatic heterocycles. The number of aromatic nitrogens is 1. The van der Waals surface area contributed by atoms with Crippen LogP contribution in [-0.4, -0.2) is 22.8 Å². The van der Waals surface area contributed by atoms with Crippen LogP contribution in [0.4, 0.5) is 0 Å². The first-order chi connectivity index (χ1) is 7.18. The van der Waals surface area contributed by atoms with Gasteiger partial charge in [-0.05, 0) is 31.9 Å². The highest BCUT2D eigenvalue weighted by atomic mass is 16.5. The number of aryl methyl sites for hydroxylation is 1. The number of rotatable bonds is 2. The van der Waals surface area contributed by atoms with E-state index >= 15 is 0 Å². The van der Waals surface area contributed by atoms with Crippen LogP contribution in [-0.2, 0) is 4.74 Å². The zero-order valence-corrected chi connectivity index (χ0v) is 9.18. The number of nitrogens with zero attached hydrogens (tertiary/aromatic N) is 1. The second kappa shape index (κ2) is 4.29. The standard InChI is InChI=1S/C12H17NO2/c1-8-3-4-10(7-13-8)12(14)11-5-6-15-9(11)2/h3-4,7,9,11-12,14H,5-6H2,1-2H3. The minimum Gasteiger partial charge on any atom is -0.388 e. The molecule has 0 radical (unpaired) electrons. The van der Waals surface area contributed by atoms with Crippen LogP contribution in [0.2, 0.25) is 0 Å². The minimum absolute atomic E-state index is 0.140. The van der Waals surface area contributed by atoms with Crippen LogP contribution in [0.1, 0.15) is 30.7 Å². The molecule has 1 aromatic rings. The smallest absolute Gasteiger partial charge is 0.0858 e. The third-order valence-electron chi connectivity index (χ3n) is 3.12. The Morgan fingerprint density at radius 2 is 2.33 bits per heavy atom. The molecule has 3 heteroatoms. The van der Waals surface area contributed by atoms with Gasteiger partial charge >= 0.3 is 0 Å². The molecule has 0 spiro atoms. The number of aliphatic hydroxyl groups excluding tert-OH is 1. The lowest BCUT2D eigenvalue weighted by Gasteiger charge is -2.20. The summed E-state index contributed by atoms with van der Waals surface area (Å²) in [6, 6.07) is 3.87. The molecule has 1 saturated heterocycles. The summed E-state index contributed by atoms with van der Waals surface area (Å²) in [4.78, 5) is 4.20. The quantitative estimate of drug-likeness (QED) is 0.804. The van der Waals surface area contributed by atoms with Crippen molar-refractivity contribution < 1.29 is 9.84 Å². The summed E-state index contributed by atoms with van der Waals surface area (Å²) >= 11 is 0. The topological polar surface area (TPSA) is 42.4 Å². The molecular formula is C12H17NO2. The van der Waals surface area contributed by atoms with E-state index in [4.69, 9.17) is 4.74 Å². The molecule has 15 heavy (non-hydrogen) atoms. The lowest BCUT2D eigenvalue weighted by molar-refractivity contribution is 0.0430. The van der Waals surface area contributed by atoms with E-state index in [1.165, 1.54) is 0 Å². The average molecular weight is 207 g/mol. The van der Waals surface area contributed by atoms with Gasteiger partial charge in [0.05, 0.1) is 12.2 Å². The van der Waals surface area contributed by atoms with Crippen LogP contribution in [0.5, 0.6) is 0 Å². The molecule has 0 aliphatic carbocycles. The van der Waals surface area contributed by atoms with Gasteiger partial charge in [0.1, 0.15) is 0 Å². The maximum absolute atomic E-state index is 10.2. The zero-order valence-electron chi connectivity index (χ0n) is 9.18. The Morgan fingerprint density at radius 1 is 1.53 bits per heavy atom. The van der Waals surface area contributed by atoms with E-state index in [1.807, 2.05) is 26.0 Å². The van der Waals surface area contributed by atoms with Gasteiger partial charge in [0.15, 0.2) is 0 Å². The van der Waals surface area contributed by atoms with Crippen molar-refractivity contribution in [3.8, 4) is 0 Å². The third-order valence-corrected chi connectivity index (χ3v) is 3.12. The fourth-order valence-electron chi connectivity index (χ4n) is 2.06. The summed E-state index contributed by atoms with van der Waals surface area (Å²) in [6.07, 6.45) is 2.37. The Bertz CT molecular complexity index is 323. The van der Waals surface area contributed by atoms with Crippen LogP contribution in [0.15, 0.2) is 18.3 Å². The lowest BCUT2D eigenvalue weighted by Crippen LogP contribution is -2.19. The van der Waals surface area contributed by atoms with Gasteiger partial charge in [-0.3, -0.25) is 4.98 Å². The van der Waals surface area contributed by atoms with Crippen molar-refractivity contribution in [2.24, 2.45) is 5.92 Å². The van der Waals surface area contributed by atoms with Gasteiger partial charge in [-0.15, -0.1) is 0 Å². The van der Waals surface area contributed by atoms with Gasteiger partial charge in [-0.25, -0.2) is 0 Å². The van der Waals surface area contributed by atoms with E-state index in [9.17, 15) is 5.11 Å². The molecule has 1 fully saturated rings. The van der Waals surface area contributed by atoms with Crippen molar-refractivity contribution >= 4 is 0 Å². The number of ether oxygens (including phenoxy) is 1. The van der Waals surface area contributed by atoms with Gasteiger partial charge in [-0.2, -0.15) is 0 Å². The van der Waals surface area contributed by atoms with E-state index in [0.717, 1.165) is 24.3 Å². The Kier molecular flexibility index (Phi) is 3.03. The van der Waals surface area contributed by atoms with Crippen molar-refractivity contribution in [2.75, 3.05) is 6.61 Å². The molecule has 0 aromatic carbocycles. The largest absolute Gasteiger partial charge is 0.388 e. The van der Waals surface area contributed by atoms with E-state index < -0.39 is 6.10 Å². The fourth-order valence-corrected chi connectivity index (χ4v) is 2.06. The summed E-state index contributed by atoms with van der Waals surface area (Å²) in [7, 11) is 0. The van der Waals surface area contributed by atoms with Gasteiger partial charge in [0.2, 0.25) is 0 Å². The Balaban J connectivity index is 2.13. The Morgan fingerprint density at radius 3 is 2.87 bits per heavy atom. The van der Waals surface area contributed by atoms with E-state index in [-0.39, 0.29) is 12.0 Å². The highest BCUT2D eigenvalue weighted by molar-refractivity contribution is 5.17. The van der Waals surface area contributed by atoms with E-state index in [0.29, 0.717) is 0 Å². The Hall–Kier alpha value is -0.930. The lowest BCUT2D eigenvalue weighted by atomic mass is 9.91. The average Bonchev–Trinajstić information content (AvgIpc) is 2.65. The molecule has 2 rings (SSSR count). The van der Waals surface area contributed by atoms with Crippen molar-refractivity contribution in [1.29, 1.82) is 0 Å². The second-order valence-electron chi connectivity index (χ2n) is 4.21. The summed E-state index contributed by atoms with van der Waals surface area (Å²) in [5.74, 6) is 0.203. The number of pyridine rings is 1. The minimum atomic E-state index is -0.449. The number of aliphatic hydroxyl groups is 1. The normalized spacial score (nSPS) is 27.9. The molecule has 0 saturated carbocycles. The molecule has 3 unspecified atom stereocenters. The first-order valence-electron chi connectivity index (χ1n) is 5.40. The van der Waals surface area contributed by atoms with Gasteiger partial charge in [-0.1, -0.05) is 6.07 Å². The number of hydrogen-bond acceptors (Lipinski definition) is 3. The summed E-state index contributed by atoms with van der Waals surface area (Å²) in [6.45, 7) is 4.71. The zero-order chi connectivity index (χ0) is 10.8. The molecule has 0 bridgehead atoms. The molecule has 2 heterocycles. The van der Waals surface area contributed by atoms with Gasteiger partial charge < -0.3 is 9.84 Å². The first kappa shape index (κ1) is 10.6. The monoisotopic (exact) mass is 207 g/mol. The molecule has 1 N–H and O–H groups in total. The summed E-state index contributed by atoms with van der Waals surface area (Å²) in [5, 5.41) is 10.2. The predicted octanol–water partition coefficient (Wildman–Crippen LogP) is 1.85. The fraction of sp³-hybridized carbons (Fsp3) is 0.583.